The molecule has 0 spiro atoms. The van der Waals surface area contributed by atoms with Gasteiger partial charge in [-0.25, -0.2) is 4.79 Å². The molecule has 1 fully saturated rings. The normalized spacial score (nSPS) is 17.5. The van der Waals surface area contributed by atoms with Crippen molar-refractivity contribution in [2.75, 3.05) is 32.0 Å². The predicted molar refractivity (Wildman–Crippen MR) is 268 cm³/mol. The van der Waals surface area contributed by atoms with Gasteiger partial charge >= 0.3 is 11.9 Å². The smallest absolute Gasteiger partial charge is 0.326 e. The number of nitrogens with two attached hydrogens (primary N) is 4. The molecule has 26 nitrogen and oxygen atoms in total. The van der Waals surface area contributed by atoms with Crippen LogP contribution in [0.15, 0.2) is 4.99 Å². The first-order chi connectivity index (χ1) is 33.9. The molecule has 8 amide bonds. The molecule has 1 saturated heterocycles. The van der Waals surface area contributed by atoms with E-state index in [0.717, 1.165) is 0 Å². The summed E-state index contributed by atoms with van der Waals surface area (Å²) in [6.45, 7) is 10.1. The highest BCUT2D eigenvalue weighted by atomic mass is 32.1. The third-order valence-corrected chi connectivity index (χ3v) is 12.6. The largest absolute Gasteiger partial charge is 0.481 e. The fourth-order valence-corrected chi connectivity index (χ4v) is 7.93. The number of carboxylic acids is 2. The van der Waals surface area contributed by atoms with E-state index in [1.807, 2.05) is 13.8 Å². The number of aliphatic carboxylic acids is 2. The van der Waals surface area contributed by atoms with Crippen molar-refractivity contribution in [3.8, 4) is 0 Å². The molecule has 11 atom stereocenters. The van der Waals surface area contributed by atoms with Crippen LogP contribution in [0.25, 0.3) is 0 Å². The van der Waals surface area contributed by atoms with E-state index in [4.69, 9.17) is 22.9 Å². The molecule has 0 aromatic heterocycles. The lowest BCUT2D eigenvalue weighted by atomic mass is 9.97. The third-order valence-electron chi connectivity index (χ3n) is 12.3. The number of nitrogens with one attached hydrogen (secondary N) is 7. The van der Waals surface area contributed by atoms with Gasteiger partial charge in [0.1, 0.15) is 48.3 Å². The average molecular weight is 1040 g/mol. The van der Waals surface area contributed by atoms with Gasteiger partial charge in [-0.15, -0.1) is 0 Å². The topological polar surface area (TPSA) is 435 Å². The molecule has 0 aromatic rings. The summed E-state index contributed by atoms with van der Waals surface area (Å²) in [5.74, 6) is -11.3. The number of aliphatic hydroxyl groups is 1. The summed E-state index contributed by atoms with van der Waals surface area (Å²) in [5.41, 5.74) is 22.6. The van der Waals surface area contributed by atoms with Gasteiger partial charge in [0.05, 0.1) is 19.1 Å². The number of carbonyl (C=O) groups excluding carboxylic acids is 8. The molecule has 410 valence electrons. The number of nitrogens with zero attached hydrogens (tertiary/aromatic N) is 2. The maximum absolute atomic E-state index is 13.9. The van der Waals surface area contributed by atoms with Crippen LogP contribution in [-0.4, -0.2) is 172 Å². The van der Waals surface area contributed by atoms with E-state index >= 15 is 0 Å². The Morgan fingerprint density at radius 1 is 0.681 bits per heavy atom. The minimum Gasteiger partial charge on any atom is -0.481 e. The lowest BCUT2D eigenvalue weighted by molar-refractivity contribution is -0.144. The summed E-state index contributed by atoms with van der Waals surface area (Å²) in [4.78, 5) is 138. The monoisotopic (exact) mass is 1040 g/mol. The van der Waals surface area contributed by atoms with Crippen molar-refractivity contribution >= 4 is 77.8 Å². The van der Waals surface area contributed by atoms with E-state index < -0.39 is 138 Å². The van der Waals surface area contributed by atoms with Crippen LogP contribution >= 0.6 is 12.6 Å². The van der Waals surface area contributed by atoms with Crippen molar-refractivity contribution in [3.63, 3.8) is 0 Å². The molecule has 72 heavy (non-hydrogen) atoms. The summed E-state index contributed by atoms with van der Waals surface area (Å²) < 4.78 is 0. The van der Waals surface area contributed by atoms with E-state index in [2.05, 4.69) is 54.8 Å². The Morgan fingerprint density at radius 2 is 1.18 bits per heavy atom. The summed E-state index contributed by atoms with van der Waals surface area (Å²) in [6.07, 6.45) is 1.64. The number of hydrogen-bond donors (Lipinski definition) is 15. The Balaban J connectivity index is 3.31. The molecule has 0 radical (unpaired) electrons. The molecule has 27 heteroatoms. The van der Waals surface area contributed by atoms with E-state index in [1.165, 1.54) is 4.90 Å². The molecule has 18 N–H and O–H groups in total. The van der Waals surface area contributed by atoms with E-state index in [0.29, 0.717) is 38.5 Å². The maximum Gasteiger partial charge on any atom is 0.326 e. The van der Waals surface area contributed by atoms with Gasteiger partial charge in [0.15, 0.2) is 5.96 Å². The zero-order valence-electron chi connectivity index (χ0n) is 42.3. The summed E-state index contributed by atoms with van der Waals surface area (Å²) in [5, 5.41) is 46.8. The van der Waals surface area contributed by atoms with Crippen molar-refractivity contribution < 1.29 is 63.3 Å². The summed E-state index contributed by atoms with van der Waals surface area (Å²) in [6, 6.07) is -12.2. The second-order valence-corrected chi connectivity index (χ2v) is 18.9. The van der Waals surface area contributed by atoms with Crippen molar-refractivity contribution in [3.05, 3.63) is 0 Å². The molecule has 1 heterocycles. The number of aliphatic imine (C=N–C) groups is 1. The average Bonchev–Trinajstić information content (AvgIpc) is 3.82. The first kappa shape index (κ1) is 64.2. The number of carbonyl (C=O) groups is 10. The second kappa shape index (κ2) is 33.0. The minimum atomic E-state index is -1.78. The van der Waals surface area contributed by atoms with Gasteiger partial charge in [0, 0.05) is 18.8 Å². The summed E-state index contributed by atoms with van der Waals surface area (Å²) >= 11 is 4.17. The maximum atomic E-state index is 13.9. The van der Waals surface area contributed by atoms with Crippen LogP contribution in [0.4, 0.5) is 0 Å². The Kier molecular flexibility index (Phi) is 29.5. The molecule has 0 bridgehead atoms. The van der Waals surface area contributed by atoms with Crippen molar-refractivity contribution in [1.29, 1.82) is 0 Å². The number of hydrogen-bond acceptors (Lipinski definition) is 15. The van der Waals surface area contributed by atoms with Crippen molar-refractivity contribution in [2.24, 2.45) is 45.7 Å². The lowest BCUT2D eigenvalue weighted by Gasteiger charge is -2.31. The van der Waals surface area contributed by atoms with E-state index in [-0.39, 0.29) is 62.9 Å². The van der Waals surface area contributed by atoms with E-state index in [9.17, 15) is 63.3 Å². The van der Waals surface area contributed by atoms with Gasteiger partial charge in [0.2, 0.25) is 47.3 Å². The molecule has 0 aromatic carbocycles. The van der Waals surface area contributed by atoms with Crippen LogP contribution in [0.2, 0.25) is 0 Å². The molecular formula is C45H81N13O13S. The highest BCUT2D eigenvalue weighted by molar-refractivity contribution is 7.80. The molecule has 0 unspecified atom stereocenters. The molecule has 1 rings (SSSR count). The number of unbranched alkanes of at least 4 members (excludes halogenated alkanes) is 1. The van der Waals surface area contributed by atoms with E-state index in [1.54, 1.807) is 27.7 Å². The number of likely N-dealkylation sites (tertiary alicyclic amines) is 1. The van der Waals surface area contributed by atoms with Crippen molar-refractivity contribution in [1.82, 2.24) is 42.1 Å². The zero-order valence-corrected chi connectivity index (χ0v) is 43.2. The van der Waals surface area contributed by atoms with Gasteiger partial charge in [-0.2, -0.15) is 12.6 Å². The number of guanidine groups is 1. The lowest BCUT2D eigenvalue weighted by Crippen LogP contribution is -2.61. The van der Waals surface area contributed by atoms with Crippen LogP contribution in [0.3, 0.4) is 0 Å². The Labute approximate surface area is 426 Å². The van der Waals surface area contributed by atoms with Gasteiger partial charge in [-0.05, 0) is 75.7 Å². The first-order valence-corrected chi connectivity index (χ1v) is 25.1. The quantitative estimate of drug-likeness (QED) is 0.0129. The predicted octanol–water partition coefficient (Wildman–Crippen LogP) is -3.50. The molecular weight excluding hydrogens is 963 g/mol. The number of thiol groups is 1. The first-order valence-electron chi connectivity index (χ1n) is 24.5. The summed E-state index contributed by atoms with van der Waals surface area (Å²) in [7, 11) is 0. The zero-order chi connectivity index (χ0) is 54.8. The third kappa shape index (κ3) is 21.9. The second-order valence-electron chi connectivity index (χ2n) is 18.5. The fraction of sp³-hybridized carbons (Fsp3) is 0.756. The van der Waals surface area contributed by atoms with Gasteiger partial charge < -0.3 is 80.4 Å². The number of amides is 8. The molecule has 1 aliphatic rings. The van der Waals surface area contributed by atoms with Crippen molar-refractivity contribution in [2.45, 2.75) is 167 Å². The van der Waals surface area contributed by atoms with Crippen LogP contribution in [0.5, 0.6) is 0 Å². The highest BCUT2D eigenvalue weighted by Gasteiger charge is 2.40. The molecule has 0 saturated carbocycles. The van der Waals surface area contributed by atoms with Gasteiger partial charge in [-0.3, -0.25) is 48.1 Å². The minimum absolute atomic E-state index is 0.0414. The highest BCUT2D eigenvalue weighted by Crippen LogP contribution is 2.21. The Morgan fingerprint density at radius 3 is 1.69 bits per heavy atom. The van der Waals surface area contributed by atoms with Crippen LogP contribution < -0.4 is 60.2 Å². The Bertz CT molecular complexity index is 1870. The van der Waals surface area contributed by atoms with Crippen LogP contribution in [0, 0.1) is 17.8 Å². The standard InChI is InChI=1S/C45H81N13O13S/c1-7-24(5)34(56-41(67)32-15-12-18-58(32)43(69)26(47)19-23(3)4)42(68)53-29(20-33(60)61)38(64)51-27(13-9-10-16-46)36(62)55-31(22-72)40(66)54-30(21-59)39(65)52-28(14-11-17-50-45(48)49)37(63)57-35(44(70)71)25(6)8-2/h23-32,34-35,59,72H,7-22,46-47H2,1-6H3,(H,51,64)(H,52,65)(H,53,68)(H,54,66)(H,55,62)(H,56,67)(H,57,63)(H,60,61)(H,70,71)(H4,48,49,50)/t24-,25-,26-,27-,28-,29-,30-,31-,32-,34-,35-/m0/s1. The number of rotatable bonds is 34. The number of carboxylic acid groups (broad SMARTS) is 2. The fourth-order valence-electron chi connectivity index (χ4n) is 7.67. The number of aliphatic hydroxyl groups excluding tert-OH is 1. The van der Waals surface area contributed by atoms with Crippen LogP contribution in [-0.2, 0) is 47.9 Å². The van der Waals surface area contributed by atoms with Crippen LogP contribution in [0.1, 0.15) is 112 Å². The Hall–Kier alpha value is -5.80. The molecule has 1 aliphatic heterocycles. The SMILES string of the molecule is CC[C@H](C)[C@H](NC(=O)[C@H](CCCN=C(N)N)NC(=O)[C@H](CO)NC(=O)[C@H](CS)NC(=O)[C@H](CCCCN)NC(=O)[C@H](CC(=O)O)NC(=O)[C@@H](NC(=O)[C@@H]1CCCN1C(=O)[C@@H](N)CC(C)C)[C@@H](C)CC)C(=O)O. The van der Waals surface area contributed by atoms with Gasteiger partial charge in [0.25, 0.3) is 0 Å². The molecule has 0 aliphatic carbocycles. The van der Waals surface area contributed by atoms with Gasteiger partial charge in [-0.1, -0.05) is 54.4 Å².